The number of rotatable bonds is 10. The van der Waals surface area contributed by atoms with Crippen LogP contribution in [0.5, 0.6) is 5.75 Å². The second kappa shape index (κ2) is 10.8. The van der Waals surface area contributed by atoms with Gasteiger partial charge in [0.15, 0.2) is 0 Å². The number of ether oxygens (including phenoxy) is 1. The number of benzene rings is 2. The van der Waals surface area contributed by atoms with Crippen LogP contribution in [0.2, 0.25) is 0 Å². The molecule has 34 heavy (non-hydrogen) atoms. The van der Waals surface area contributed by atoms with Crippen LogP contribution in [0.15, 0.2) is 76.2 Å². The van der Waals surface area contributed by atoms with Gasteiger partial charge in [0.1, 0.15) is 11.5 Å². The molecule has 1 amide bonds. The number of amides is 1. The number of carbonyl (C=O) groups is 1. The lowest BCUT2D eigenvalue weighted by molar-refractivity contribution is 0.0934. The predicted octanol–water partition coefficient (Wildman–Crippen LogP) is 4.05. The van der Waals surface area contributed by atoms with Crippen molar-refractivity contribution in [1.29, 1.82) is 0 Å². The third-order valence-corrected chi connectivity index (χ3v) is 7.15. The van der Waals surface area contributed by atoms with Crippen molar-refractivity contribution in [2.45, 2.75) is 30.7 Å². The molecular weight excluding hydrogens is 454 g/mol. The van der Waals surface area contributed by atoms with Gasteiger partial charge in [-0.3, -0.25) is 14.4 Å². The van der Waals surface area contributed by atoms with Crippen LogP contribution in [0.1, 0.15) is 41.9 Å². The number of nitrogens with one attached hydrogen (secondary N) is 2. The summed E-state index contributed by atoms with van der Waals surface area (Å²) in [5, 5.41) is 2.98. The van der Waals surface area contributed by atoms with Crippen LogP contribution in [0, 0.1) is 0 Å². The number of hydrogen-bond acceptors (Lipinski definition) is 6. The van der Waals surface area contributed by atoms with Crippen LogP contribution in [0.4, 0.5) is 5.69 Å². The maximum absolute atomic E-state index is 12.7. The van der Waals surface area contributed by atoms with Gasteiger partial charge in [-0.2, -0.15) is 0 Å². The third-order valence-electron chi connectivity index (χ3n) is 5.75. The lowest BCUT2D eigenvalue weighted by Gasteiger charge is -2.26. The fourth-order valence-corrected chi connectivity index (χ4v) is 5.08. The molecule has 0 saturated carbocycles. The molecule has 0 spiro atoms. The van der Waals surface area contributed by atoms with E-state index in [1.54, 1.807) is 42.7 Å². The largest absolute Gasteiger partial charge is 0.494 e. The van der Waals surface area contributed by atoms with E-state index in [-0.39, 0.29) is 16.8 Å². The molecule has 0 aliphatic carbocycles. The molecule has 1 atom stereocenters. The number of sulfonamides is 1. The van der Waals surface area contributed by atoms with E-state index >= 15 is 0 Å². The van der Waals surface area contributed by atoms with Gasteiger partial charge in [0, 0.05) is 17.8 Å². The van der Waals surface area contributed by atoms with E-state index in [2.05, 4.69) is 14.9 Å². The number of carbonyl (C=O) groups excluding carboxylic acids is 1. The molecule has 2 heterocycles. The topological polar surface area (TPSA) is 101 Å². The Hall–Kier alpha value is -3.30. The normalized spacial score (nSPS) is 15.1. The molecule has 8 nitrogen and oxygen atoms in total. The third kappa shape index (κ3) is 5.78. The van der Waals surface area contributed by atoms with Gasteiger partial charge in [-0.1, -0.05) is 0 Å². The van der Waals surface area contributed by atoms with Gasteiger partial charge in [-0.05, 0) is 93.5 Å². The Morgan fingerprint density at radius 1 is 1.06 bits per heavy atom. The average Bonchev–Trinajstić information content (AvgIpc) is 3.55. The number of likely N-dealkylation sites (tertiary alicyclic amines) is 1. The highest BCUT2D eigenvalue weighted by atomic mass is 32.2. The Bertz CT molecular complexity index is 1170. The van der Waals surface area contributed by atoms with Gasteiger partial charge in [0.25, 0.3) is 15.9 Å². The van der Waals surface area contributed by atoms with Gasteiger partial charge in [-0.25, -0.2) is 8.42 Å². The van der Waals surface area contributed by atoms with Gasteiger partial charge < -0.3 is 14.5 Å². The van der Waals surface area contributed by atoms with Crippen molar-refractivity contribution < 1.29 is 22.4 Å². The van der Waals surface area contributed by atoms with Gasteiger partial charge in [-0.15, -0.1) is 0 Å². The average molecular weight is 484 g/mol. The Morgan fingerprint density at radius 3 is 2.38 bits per heavy atom. The minimum absolute atomic E-state index is 0.0124. The highest BCUT2D eigenvalue weighted by molar-refractivity contribution is 7.92. The second-order valence-electron chi connectivity index (χ2n) is 8.07. The standard InChI is InChI=1S/C25H29N3O5S/c1-2-32-21-11-13-22(14-12-21)34(30,31)27-20-9-7-19(8-10-20)25(29)26-18-23(24-6-5-17-33-24)28-15-3-4-16-28/h5-14,17,23,27H,2-4,15-16,18H2,1H3,(H,26,29)/t23-/m0/s1. The molecule has 1 fully saturated rings. The Kier molecular flexibility index (Phi) is 7.54. The molecule has 9 heteroatoms. The molecule has 3 aromatic rings. The van der Waals surface area contributed by atoms with Gasteiger partial charge >= 0.3 is 0 Å². The summed E-state index contributed by atoms with van der Waals surface area (Å²) in [5.74, 6) is 1.22. The first-order valence-corrected chi connectivity index (χ1v) is 12.9. The van der Waals surface area contributed by atoms with Crippen molar-refractivity contribution in [3.63, 3.8) is 0 Å². The van der Waals surface area contributed by atoms with Crippen LogP contribution < -0.4 is 14.8 Å². The van der Waals surface area contributed by atoms with Gasteiger partial charge in [0.05, 0.1) is 23.8 Å². The summed E-state index contributed by atoms with van der Waals surface area (Å²) in [6.45, 7) is 4.75. The number of nitrogens with zero attached hydrogens (tertiary/aromatic N) is 1. The van der Waals surface area contributed by atoms with Crippen molar-refractivity contribution in [1.82, 2.24) is 10.2 Å². The van der Waals surface area contributed by atoms with Crippen molar-refractivity contribution >= 4 is 21.6 Å². The number of hydrogen-bond donors (Lipinski definition) is 2. The predicted molar refractivity (Wildman–Crippen MR) is 129 cm³/mol. The van der Waals surface area contributed by atoms with E-state index in [1.807, 2.05) is 19.1 Å². The van der Waals surface area contributed by atoms with E-state index in [0.717, 1.165) is 31.7 Å². The number of furan rings is 1. The van der Waals surface area contributed by atoms with Crippen LogP contribution in [0.25, 0.3) is 0 Å². The zero-order valence-electron chi connectivity index (χ0n) is 19.1. The van der Waals surface area contributed by atoms with E-state index in [4.69, 9.17) is 9.15 Å². The van der Waals surface area contributed by atoms with Gasteiger partial charge in [0.2, 0.25) is 0 Å². The van der Waals surface area contributed by atoms with Crippen LogP contribution >= 0.6 is 0 Å². The highest BCUT2D eigenvalue weighted by Gasteiger charge is 2.26. The molecular formula is C25H29N3O5S. The SMILES string of the molecule is CCOc1ccc(S(=O)(=O)Nc2ccc(C(=O)NC[C@@H](c3ccco3)N3CCCC3)cc2)cc1. The maximum Gasteiger partial charge on any atom is 0.261 e. The Morgan fingerprint density at radius 2 is 1.76 bits per heavy atom. The number of anilines is 1. The highest BCUT2D eigenvalue weighted by Crippen LogP contribution is 2.25. The Labute approximate surface area is 200 Å². The molecule has 0 bridgehead atoms. The fraction of sp³-hybridized carbons (Fsp3) is 0.320. The van der Waals surface area contributed by atoms with Crippen molar-refractivity contribution in [2.24, 2.45) is 0 Å². The zero-order valence-corrected chi connectivity index (χ0v) is 19.9. The van der Waals surface area contributed by atoms with Crippen molar-refractivity contribution in [3.05, 3.63) is 78.3 Å². The molecule has 1 saturated heterocycles. The summed E-state index contributed by atoms with van der Waals surface area (Å²) < 4.78 is 38.8. The monoisotopic (exact) mass is 483 g/mol. The van der Waals surface area contributed by atoms with Crippen molar-refractivity contribution in [2.75, 3.05) is 31.0 Å². The molecule has 0 radical (unpaired) electrons. The second-order valence-corrected chi connectivity index (χ2v) is 9.75. The molecule has 2 aromatic carbocycles. The smallest absolute Gasteiger partial charge is 0.261 e. The quantitative estimate of drug-likeness (QED) is 0.451. The zero-order chi connectivity index (χ0) is 24.0. The van der Waals surface area contributed by atoms with Crippen molar-refractivity contribution in [3.8, 4) is 5.75 Å². The molecule has 1 aromatic heterocycles. The summed E-state index contributed by atoms with van der Waals surface area (Å²) in [4.78, 5) is 15.2. The first-order valence-electron chi connectivity index (χ1n) is 11.4. The molecule has 180 valence electrons. The summed E-state index contributed by atoms with van der Waals surface area (Å²) in [7, 11) is -3.76. The first-order chi connectivity index (χ1) is 16.5. The molecule has 4 rings (SSSR count). The molecule has 1 aliphatic heterocycles. The van der Waals surface area contributed by atoms with E-state index in [1.165, 1.54) is 12.1 Å². The summed E-state index contributed by atoms with van der Waals surface area (Å²) >= 11 is 0. The van der Waals surface area contributed by atoms with E-state index in [0.29, 0.717) is 30.2 Å². The lowest BCUT2D eigenvalue weighted by Crippen LogP contribution is -2.36. The summed E-state index contributed by atoms with van der Waals surface area (Å²) in [6, 6.07) is 16.3. The van der Waals surface area contributed by atoms with Crippen LogP contribution in [0.3, 0.4) is 0 Å². The van der Waals surface area contributed by atoms with E-state index in [9.17, 15) is 13.2 Å². The lowest BCUT2D eigenvalue weighted by atomic mass is 10.1. The minimum Gasteiger partial charge on any atom is -0.494 e. The molecule has 0 unspecified atom stereocenters. The van der Waals surface area contributed by atoms with E-state index < -0.39 is 10.0 Å². The fourth-order valence-electron chi connectivity index (χ4n) is 4.02. The first kappa shape index (κ1) is 23.8. The molecule has 2 N–H and O–H groups in total. The minimum atomic E-state index is -3.76. The summed E-state index contributed by atoms with van der Waals surface area (Å²) in [5.41, 5.74) is 0.819. The molecule has 1 aliphatic rings. The van der Waals surface area contributed by atoms with Crippen LogP contribution in [-0.4, -0.2) is 45.5 Å². The van der Waals surface area contributed by atoms with Crippen LogP contribution in [-0.2, 0) is 10.0 Å². The summed E-state index contributed by atoms with van der Waals surface area (Å²) in [6.07, 6.45) is 3.92. The maximum atomic E-state index is 12.7. The Balaban J connectivity index is 1.37.